The molecule has 35 heavy (non-hydrogen) atoms. The molecule has 0 spiro atoms. The van der Waals surface area contributed by atoms with Crippen LogP contribution in [0, 0.1) is 0 Å². The Morgan fingerprint density at radius 1 is 0.857 bits per heavy atom. The third-order valence-corrected chi connectivity index (χ3v) is 6.53. The van der Waals surface area contributed by atoms with Crippen molar-refractivity contribution in [3.05, 3.63) is 112 Å². The summed E-state index contributed by atoms with van der Waals surface area (Å²) in [6, 6.07) is 24.1. The van der Waals surface area contributed by atoms with Crippen LogP contribution in [0.3, 0.4) is 0 Å². The molecule has 1 unspecified atom stereocenters. The number of unbranched alkanes of at least 4 members (excludes halogenated alkanes) is 3. The lowest BCUT2D eigenvalue weighted by molar-refractivity contribution is 0.0714. The third-order valence-electron chi connectivity index (χ3n) is 6.53. The van der Waals surface area contributed by atoms with Gasteiger partial charge in [-0.2, -0.15) is 0 Å². The average Bonchev–Trinajstić information content (AvgIpc) is 3.16. The van der Waals surface area contributed by atoms with Gasteiger partial charge in [0.2, 0.25) is 5.76 Å². The van der Waals surface area contributed by atoms with Crippen molar-refractivity contribution >= 4 is 16.9 Å². The zero-order chi connectivity index (χ0) is 24.2. The molecule has 1 atom stereocenters. The van der Waals surface area contributed by atoms with Crippen molar-refractivity contribution in [3.8, 4) is 5.75 Å². The molecule has 2 heterocycles. The molecule has 1 aliphatic rings. The van der Waals surface area contributed by atoms with E-state index < -0.39 is 6.04 Å². The van der Waals surface area contributed by atoms with Gasteiger partial charge in [-0.05, 0) is 41.8 Å². The van der Waals surface area contributed by atoms with Gasteiger partial charge in [0.1, 0.15) is 11.3 Å². The first-order valence-electron chi connectivity index (χ1n) is 12.3. The Morgan fingerprint density at radius 3 is 2.37 bits per heavy atom. The molecular formula is C30H29NO4. The molecule has 0 radical (unpaired) electrons. The molecule has 1 aromatic heterocycles. The predicted octanol–water partition coefficient (Wildman–Crippen LogP) is 6.50. The van der Waals surface area contributed by atoms with E-state index in [9.17, 15) is 9.59 Å². The molecule has 178 valence electrons. The number of carbonyl (C=O) groups excluding carboxylic acids is 1. The van der Waals surface area contributed by atoms with Gasteiger partial charge in [-0.1, -0.05) is 80.8 Å². The van der Waals surface area contributed by atoms with Crippen LogP contribution in [0.2, 0.25) is 0 Å². The third kappa shape index (κ3) is 4.59. The van der Waals surface area contributed by atoms with E-state index in [1.807, 2.05) is 60.7 Å². The maximum atomic E-state index is 13.6. The Balaban J connectivity index is 1.51. The van der Waals surface area contributed by atoms with E-state index in [2.05, 4.69) is 6.92 Å². The van der Waals surface area contributed by atoms with Crippen molar-refractivity contribution < 1.29 is 13.9 Å². The lowest BCUT2D eigenvalue weighted by Crippen LogP contribution is -2.29. The number of ether oxygens (including phenoxy) is 1. The van der Waals surface area contributed by atoms with Crippen LogP contribution in [0.1, 0.15) is 65.9 Å². The normalized spacial score (nSPS) is 14.9. The van der Waals surface area contributed by atoms with Crippen molar-refractivity contribution in [2.45, 2.75) is 45.2 Å². The molecule has 0 bridgehead atoms. The van der Waals surface area contributed by atoms with Gasteiger partial charge < -0.3 is 14.1 Å². The molecule has 5 nitrogen and oxygen atoms in total. The fourth-order valence-electron chi connectivity index (χ4n) is 4.72. The first kappa shape index (κ1) is 22.9. The Hall–Kier alpha value is -3.86. The lowest BCUT2D eigenvalue weighted by Gasteiger charge is -2.25. The molecule has 0 fully saturated rings. The number of fused-ring (bicyclic) bond motifs is 2. The van der Waals surface area contributed by atoms with Crippen molar-refractivity contribution in [2.75, 3.05) is 6.61 Å². The van der Waals surface area contributed by atoms with Crippen molar-refractivity contribution in [2.24, 2.45) is 0 Å². The number of hydrogen-bond acceptors (Lipinski definition) is 4. The van der Waals surface area contributed by atoms with Crippen LogP contribution in [0.25, 0.3) is 11.0 Å². The van der Waals surface area contributed by atoms with Crippen molar-refractivity contribution in [3.63, 3.8) is 0 Å². The summed E-state index contributed by atoms with van der Waals surface area (Å²) < 4.78 is 11.9. The van der Waals surface area contributed by atoms with Crippen LogP contribution >= 0.6 is 0 Å². The van der Waals surface area contributed by atoms with Gasteiger partial charge in [0.25, 0.3) is 5.91 Å². The fraction of sp³-hybridized carbons (Fsp3) is 0.267. The number of carbonyl (C=O) groups is 1. The van der Waals surface area contributed by atoms with E-state index >= 15 is 0 Å². The molecule has 4 aromatic rings. The minimum atomic E-state index is -0.530. The van der Waals surface area contributed by atoms with Gasteiger partial charge in [0, 0.05) is 6.54 Å². The van der Waals surface area contributed by atoms with Crippen molar-refractivity contribution in [1.29, 1.82) is 0 Å². The van der Waals surface area contributed by atoms with E-state index in [1.54, 1.807) is 23.1 Å². The smallest absolute Gasteiger partial charge is 0.291 e. The first-order valence-corrected chi connectivity index (χ1v) is 12.3. The van der Waals surface area contributed by atoms with E-state index in [0.29, 0.717) is 29.7 Å². The summed E-state index contributed by atoms with van der Waals surface area (Å²) in [5.41, 5.74) is 2.51. The Labute approximate surface area is 205 Å². The summed E-state index contributed by atoms with van der Waals surface area (Å²) in [6.45, 7) is 3.25. The van der Waals surface area contributed by atoms with Crippen LogP contribution in [0.15, 0.2) is 88.1 Å². The maximum absolute atomic E-state index is 13.6. The first-order chi connectivity index (χ1) is 17.2. The number of nitrogens with zero attached hydrogens (tertiary/aromatic N) is 1. The Morgan fingerprint density at radius 2 is 1.60 bits per heavy atom. The molecule has 3 aromatic carbocycles. The highest BCUT2D eigenvalue weighted by Crippen LogP contribution is 2.39. The summed E-state index contributed by atoms with van der Waals surface area (Å²) >= 11 is 0. The van der Waals surface area contributed by atoms with E-state index in [4.69, 9.17) is 9.15 Å². The number of amides is 1. The van der Waals surface area contributed by atoms with Crippen LogP contribution in [0.4, 0.5) is 0 Å². The highest BCUT2D eigenvalue weighted by atomic mass is 16.5. The second-order valence-corrected chi connectivity index (χ2v) is 8.97. The molecule has 5 heteroatoms. The zero-order valence-electron chi connectivity index (χ0n) is 19.9. The minimum Gasteiger partial charge on any atom is -0.494 e. The van der Waals surface area contributed by atoms with Gasteiger partial charge in [-0.3, -0.25) is 9.59 Å². The van der Waals surface area contributed by atoms with Gasteiger partial charge in [-0.25, -0.2) is 0 Å². The molecular weight excluding hydrogens is 438 g/mol. The molecule has 1 aliphatic heterocycles. The SMILES string of the molecule is CCCCCCOc1ccc(C2c3c(oc4ccccc4c3=O)C(=O)N2Cc2ccccc2)cc1. The molecule has 0 aliphatic carbocycles. The van der Waals surface area contributed by atoms with Crippen LogP contribution in [0.5, 0.6) is 5.75 Å². The number of para-hydroxylation sites is 1. The molecule has 0 saturated heterocycles. The molecule has 0 saturated carbocycles. The van der Waals surface area contributed by atoms with Crippen LogP contribution < -0.4 is 10.2 Å². The quantitative estimate of drug-likeness (QED) is 0.264. The number of rotatable bonds is 9. The van der Waals surface area contributed by atoms with E-state index in [0.717, 1.165) is 29.7 Å². The Kier molecular flexibility index (Phi) is 6.66. The zero-order valence-corrected chi connectivity index (χ0v) is 19.9. The van der Waals surface area contributed by atoms with E-state index in [1.165, 1.54) is 12.8 Å². The van der Waals surface area contributed by atoms with Gasteiger partial charge in [0.15, 0.2) is 5.43 Å². The predicted molar refractivity (Wildman–Crippen MR) is 137 cm³/mol. The summed E-state index contributed by atoms with van der Waals surface area (Å²) in [4.78, 5) is 28.8. The number of hydrogen-bond donors (Lipinski definition) is 0. The van der Waals surface area contributed by atoms with Gasteiger partial charge in [-0.15, -0.1) is 0 Å². The van der Waals surface area contributed by atoms with E-state index in [-0.39, 0.29) is 17.1 Å². The minimum absolute atomic E-state index is 0.130. The van der Waals surface area contributed by atoms with Crippen LogP contribution in [-0.4, -0.2) is 17.4 Å². The highest BCUT2D eigenvalue weighted by Gasteiger charge is 2.42. The summed E-state index contributed by atoms with van der Waals surface area (Å²) in [7, 11) is 0. The topological polar surface area (TPSA) is 59.8 Å². The lowest BCUT2D eigenvalue weighted by atomic mass is 9.98. The molecule has 0 N–H and O–H groups in total. The van der Waals surface area contributed by atoms with Gasteiger partial charge in [0.05, 0.1) is 23.6 Å². The largest absolute Gasteiger partial charge is 0.494 e. The monoisotopic (exact) mass is 467 g/mol. The summed E-state index contributed by atoms with van der Waals surface area (Å²) in [5.74, 6) is 0.647. The second kappa shape index (κ2) is 10.2. The highest BCUT2D eigenvalue weighted by molar-refractivity contribution is 5.99. The van der Waals surface area contributed by atoms with Gasteiger partial charge >= 0.3 is 0 Å². The second-order valence-electron chi connectivity index (χ2n) is 8.97. The maximum Gasteiger partial charge on any atom is 0.291 e. The van der Waals surface area contributed by atoms with Crippen LogP contribution in [-0.2, 0) is 6.54 Å². The molecule has 1 amide bonds. The standard InChI is InChI=1S/C30H29NO4/c1-2-3-4-10-19-34-23-17-15-22(16-18-23)27-26-28(32)24-13-8-9-14-25(24)35-29(26)30(33)31(27)20-21-11-6-5-7-12-21/h5-9,11-18,27H,2-4,10,19-20H2,1H3. The Bertz CT molecular complexity index is 1380. The summed E-state index contributed by atoms with van der Waals surface area (Å²) in [5, 5.41) is 0.484. The fourth-order valence-corrected chi connectivity index (χ4v) is 4.72. The van der Waals surface area contributed by atoms with Crippen molar-refractivity contribution in [1.82, 2.24) is 4.90 Å². The number of benzene rings is 3. The summed E-state index contributed by atoms with van der Waals surface area (Å²) in [6.07, 6.45) is 4.60. The molecule has 5 rings (SSSR count). The average molecular weight is 468 g/mol.